The summed E-state index contributed by atoms with van der Waals surface area (Å²) in [7, 11) is 0. The van der Waals surface area contributed by atoms with Gasteiger partial charge in [0.05, 0.1) is 32.5 Å². The van der Waals surface area contributed by atoms with Crippen LogP contribution in [-0.4, -0.2) is 42.2 Å². The first-order valence-corrected chi connectivity index (χ1v) is 11.5. The highest BCUT2D eigenvalue weighted by molar-refractivity contribution is 5.15. The minimum absolute atomic E-state index is 0.344. The van der Waals surface area contributed by atoms with Gasteiger partial charge in [0.1, 0.15) is 24.4 Å². The first-order valence-electron chi connectivity index (χ1n) is 11.5. The lowest BCUT2D eigenvalue weighted by Crippen LogP contribution is -2.59. The lowest BCUT2D eigenvalue weighted by molar-refractivity contribution is -0.257. The molecule has 1 saturated heterocycles. The summed E-state index contributed by atoms with van der Waals surface area (Å²) in [5, 5.41) is 10.9. The zero-order valence-corrected chi connectivity index (χ0v) is 19.0. The summed E-state index contributed by atoms with van der Waals surface area (Å²) in [6, 6.07) is 30.0. The Morgan fingerprint density at radius 3 is 1.64 bits per heavy atom. The molecule has 1 N–H and O–H groups in total. The van der Waals surface area contributed by atoms with Gasteiger partial charge in [0.15, 0.2) is 0 Å². The molecular weight excluding hydrogens is 416 g/mol. The van der Waals surface area contributed by atoms with E-state index in [1.165, 1.54) is 0 Å². The van der Waals surface area contributed by atoms with Crippen LogP contribution in [0.4, 0.5) is 0 Å². The predicted molar refractivity (Wildman–Crippen MR) is 126 cm³/mol. The largest absolute Gasteiger partial charge is 0.388 e. The van der Waals surface area contributed by atoms with E-state index < -0.39 is 24.4 Å². The van der Waals surface area contributed by atoms with Crippen molar-refractivity contribution in [3.8, 4) is 0 Å². The van der Waals surface area contributed by atoms with E-state index in [4.69, 9.17) is 18.9 Å². The van der Waals surface area contributed by atoms with Gasteiger partial charge >= 0.3 is 0 Å². The first kappa shape index (κ1) is 23.6. The zero-order valence-electron chi connectivity index (χ0n) is 19.0. The molecule has 5 nitrogen and oxygen atoms in total. The third-order valence-electron chi connectivity index (χ3n) is 5.86. The summed E-state index contributed by atoms with van der Waals surface area (Å²) in [6.07, 6.45) is -2.58. The van der Waals surface area contributed by atoms with Crippen LogP contribution in [0.15, 0.2) is 91.0 Å². The fourth-order valence-electron chi connectivity index (χ4n) is 4.04. The monoisotopic (exact) mass is 448 g/mol. The Morgan fingerprint density at radius 1 is 0.667 bits per heavy atom. The van der Waals surface area contributed by atoms with Crippen molar-refractivity contribution >= 4 is 0 Å². The molecule has 174 valence electrons. The van der Waals surface area contributed by atoms with E-state index in [0.717, 1.165) is 16.7 Å². The third kappa shape index (κ3) is 6.73. The molecule has 0 aromatic heterocycles. The Labute approximate surface area is 195 Å². The van der Waals surface area contributed by atoms with Gasteiger partial charge in [-0.1, -0.05) is 91.0 Å². The number of aliphatic hydroxyl groups is 1. The summed E-state index contributed by atoms with van der Waals surface area (Å²) in [5.41, 5.74) is 3.19. The Balaban J connectivity index is 1.46. The summed E-state index contributed by atoms with van der Waals surface area (Å²) in [6.45, 7) is 3.48. The Hall–Kier alpha value is -2.54. The number of hydrogen-bond acceptors (Lipinski definition) is 5. The number of aliphatic hydroxyl groups excluding tert-OH is 1. The van der Waals surface area contributed by atoms with Crippen LogP contribution >= 0.6 is 0 Å². The van der Waals surface area contributed by atoms with Crippen LogP contribution in [0.5, 0.6) is 0 Å². The molecule has 0 aliphatic carbocycles. The van der Waals surface area contributed by atoms with Gasteiger partial charge in [-0.15, -0.1) is 0 Å². The molecule has 3 aromatic carbocycles. The molecule has 0 unspecified atom stereocenters. The second-order valence-electron chi connectivity index (χ2n) is 8.39. The molecule has 0 bridgehead atoms. The summed E-state index contributed by atoms with van der Waals surface area (Å²) in [4.78, 5) is 0. The second kappa shape index (κ2) is 12.1. The quantitative estimate of drug-likeness (QED) is 0.494. The third-order valence-corrected chi connectivity index (χ3v) is 5.86. The maximum absolute atomic E-state index is 10.9. The van der Waals surface area contributed by atoms with Gasteiger partial charge in [0.25, 0.3) is 0 Å². The van der Waals surface area contributed by atoms with Crippen molar-refractivity contribution in [1.29, 1.82) is 0 Å². The van der Waals surface area contributed by atoms with Crippen molar-refractivity contribution in [3.05, 3.63) is 108 Å². The fourth-order valence-corrected chi connectivity index (χ4v) is 4.04. The lowest BCUT2D eigenvalue weighted by atomic mass is 9.95. The van der Waals surface area contributed by atoms with Crippen LogP contribution in [0.1, 0.15) is 23.6 Å². The normalized spacial score (nSPS) is 25.1. The average molecular weight is 449 g/mol. The van der Waals surface area contributed by atoms with Gasteiger partial charge < -0.3 is 24.1 Å². The van der Waals surface area contributed by atoms with Gasteiger partial charge in [0.2, 0.25) is 0 Å². The molecular formula is C28H32O5. The van der Waals surface area contributed by atoms with E-state index in [1.54, 1.807) is 0 Å². The van der Waals surface area contributed by atoms with Crippen molar-refractivity contribution in [2.45, 2.75) is 57.3 Å². The molecule has 1 aliphatic heterocycles. The van der Waals surface area contributed by atoms with Crippen molar-refractivity contribution < 1.29 is 24.1 Å². The highest BCUT2D eigenvalue weighted by atomic mass is 16.6. The van der Waals surface area contributed by atoms with Gasteiger partial charge in [-0.25, -0.2) is 0 Å². The molecule has 0 spiro atoms. The Bertz CT molecular complexity index is 934. The first-order chi connectivity index (χ1) is 16.2. The molecule has 3 aromatic rings. The van der Waals surface area contributed by atoms with Crippen LogP contribution in [0, 0.1) is 0 Å². The summed E-state index contributed by atoms with van der Waals surface area (Å²) in [5.74, 6) is 0. The highest BCUT2D eigenvalue weighted by Crippen LogP contribution is 2.28. The minimum Gasteiger partial charge on any atom is -0.388 e. The number of hydrogen-bond donors (Lipinski definition) is 1. The average Bonchev–Trinajstić information content (AvgIpc) is 2.86. The topological polar surface area (TPSA) is 57.2 Å². The van der Waals surface area contributed by atoms with Crippen molar-refractivity contribution in [2.75, 3.05) is 6.61 Å². The molecule has 1 fully saturated rings. The predicted octanol–water partition coefficient (Wildman–Crippen LogP) is 4.52. The van der Waals surface area contributed by atoms with E-state index in [-0.39, 0.29) is 6.10 Å². The minimum atomic E-state index is -0.806. The SMILES string of the molecule is C[C@@H]1O[C@H](COCc2ccccc2)[C@@H](OCc2ccccc2)[C@H](OCc2ccccc2)[C@H]1O. The number of benzene rings is 3. The van der Waals surface area contributed by atoms with Gasteiger partial charge in [-0.05, 0) is 23.6 Å². The highest BCUT2D eigenvalue weighted by Gasteiger charge is 2.45. The van der Waals surface area contributed by atoms with E-state index in [9.17, 15) is 5.11 Å². The molecule has 5 heteroatoms. The maximum atomic E-state index is 10.9. The zero-order chi connectivity index (χ0) is 22.9. The Kier molecular flexibility index (Phi) is 8.64. The standard InChI is InChI=1S/C28H32O5/c1-21-26(29)28(32-19-24-15-9-4-10-16-24)27(31-18-23-13-7-3-8-14-23)25(33-21)20-30-17-22-11-5-2-6-12-22/h2-16,21,25-29H,17-20H2,1H3/t21-,25+,26-,27+,28+/m0/s1. The number of ether oxygens (including phenoxy) is 4. The molecule has 33 heavy (non-hydrogen) atoms. The maximum Gasteiger partial charge on any atom is 0.115 e. The van der Waals surface area contributed by atoms with E-state index in [1.807, 2.05) is 97.9 Å². The molecule has 0 radical (unpaired) electrons. The Morgan fingerprint density at radius 2 is 1.12 bits per heavy atom. The van der Waals surface area contributed by atoms with Gasteiger partial charge in [-0.2, -0.15) is 0 Å². The van der Waals surface area contributed by atoms with E-state index >= 15 is 0 Å². The van der Waals surface area contributed by atoms with Crippen LogP contribution in [0.3, 0.4) is 0 Å². The summed E-state index contributed by atoms with van der Waals surface area (Å²) >= 11 is 0. The molecule has 0 saturated carbocycles. The van der Waals surface area contributed by atoms with Crippen LogP contribution in [-0.2, 0) is 38.8 Å². The smallest absolute Gasteiger partial charge is 0.115 e. The van der Waals surface area contributed by atoms with Crippen molar-refractivity contribution in [2.24, 2.45) is 0 Å². The van der Waals surface area contributed by atoms with Gasteiger partial charge in [-0.3, -0.25) is 0 Å². The van der Waals surface area contributed by atoms with E-state index in [0.29, 0.717) is 26.4 Å². The van der Waals surface area contributed by atoms with Crippen molar-refractivity contribution in [3.63, 3.8) is 0 Å². The van der Waals surface area contributed by atoms with E-state index in [2.05, 4.69) is 0 Å². The molecule has 5 atom stereocenters. The van der Waals surface area contributed by atoms with Crippen LogP contribution in [0.25, 0.3) is 0 Å². The molecule has 0 amide bonds. The van der Waals surface area contributed by atoms with Gasteiger partial charge in [0, 0.05) is 0 Å². The fraction of sp³-hybridized carbons (Fsp3) is 0.357. The second-order valence-corrected chi connectivity index (χ2v) is 8.39. The summed E-state index contributed by atoms with van der Waals surface area (Å²) < 4.78 is 24.7. The number of rotatable bonds is 10. The molecule has 1 heterocycles. The van der Waals surface area contributed by atoms with Crippen LogP contribution < -0.4 is 0 Å². The molecule has 4 rings (SSSR count). The molecule has 1 aliphatic rings. The van der Waals surface area contributed by atoms with Crippen LogP contribution in [0.2, 0.25) is 0 Å². The van der Waals surface area contributed by atoms with Crippen molar-refractivity contribution in [1.82, 2.24) is 0 Å². The lowest BCUT2D eigenvalue weighted by Gasteiger charge is -2.43.